The minimum atomic E-state index is -0.645. The topological polar surface area (TPSA) is 20.2 Å². The van der Waals surface area contributed by atoms with Gasteiger partial charge < -0.3 is 5.11 Å². The fraction of sp³-hybridized carbons (Fsp3) is 0.333. The van der Waals surface area contributed by atoms with Crippen LogP contribution in [0.15, 0.2) is 42.5 Å². The van der Waals surface area contributed by atoms with E-state index in [1.54, 1.807) is 18.2 Å². The highest BCUT2D eigenvalue weighted by molar-refractivity contribution is 5.43. The van der Waals surface area contributed by atoms with E-state index in [1.807, 2.05) is 6.07 Å². The third-order valence-corrected chi connectivity index (χ3v) is 4.60. The molecule has 0 amide bonds. The van der Waals surface area contributed by atoms with E-state index in [-0.39, 0.29) is 11.6 Å². The molecule has 0 radical (unpaired) electrons. The van der Waals surface area contributed by atoms with Crippen molar-refractivity contribution in [1.82, 2.24) is 0 Å². The quantitative estimate of drug-likeness (QED) is 0.831. The van der Waals surface area contributed by atoms with Crippen molar-refractivity contribution in [2.24, 2.45) is 0 Å². The zero-order valence-corrected chi connectivity index (χ0v) is 11.8. The number of benzene rings is 2. The number of hydrogen-bond donors (Lipinski definition) is 1. The Hall–Kier alpha value is -1.90. The van der Waals surface area contributed by atoms with E-state index in [2.05, 4.69) is 0 Å². The van der Waals surface area contributed by atoms with Crippen molar-refractivity contribution < 1.29 is 13.9 Å². The van der Waals surface area contributed by atoms with Gasteiger partial charge in [0.25, 0.3) is 0 Å². The van der Waals surface area contributed by atoms with Gasteiger partial charge in [0.1, 0.15) is 5.82 Å². The summed E-state index contributed by atoms with van der Waals surface area (Å²) in [6.45, 7) is 0. The summed E-state index contributed by atoms with van der Waals surface area (Å²) in [4.78, 5) is 0. The molecule has 110 valence electrons. The minimum Gasteiger partial charge on any atom is -0.505 e. The van der Waals surface area contributed by atoms with Gasteiger partial charge in [-0.1, -0.05) is 43.5 Å². The molecule has 0 bridgehead atoms. The van der Waals surface area contributed by atoms with Crippen molar-refractivity contribution in [2.45, 2.75) is 37.5 Å². The minimum absolute atomic E-state index is 0.243. The van der Waals surface area contributed by atoms with Crippen LogP contribution >= 0.6 is 0 Å². The third-order valence-electron chi connectivity index (χ3n) is 4.60. The Balaban J connectivity index is 2.17. The molecule has 0 unspecified atom stereocenters. The Labute approximate surface area is 123 Å². The molecule has 1 aliphatic rings. The molecule has 3 rings (SSSR count). The number of aromatic hydroxyl groups is 1. The predicted molar refractivity (Wildman–Crippen MR) is 78.3 cm³/mol. The van der Waals surface area contributed by atoms with Crippen molar-refractivity contribution in [3.63, 3.8) is 0 Å². The highest BCUT2D eigenvalue weighted by Crippen LogP contribution is 2.46. The SMILES string of the molecule is Oc1ccc(C2(c3ccccc3F)CCCCC2)cc1F. The molecule has 1 N–H and O–H groups in total. The highest BCUT2D eigenvalue weighted by Gasteiger charge is 2.38. The van der Waals surface area contributed by atoms with E-state index in [4.69, 9.17) is 0 Å². The zero-order chi connectivity index (χ0) is 14.9. The Bertz CT molecular complexity index is 645. The van der Waals surface area contributed by atoms with Crippen LogP contribution in [0.3, 0.4) is 0 Å². The van der Waals surface area contributed by atoms with Crippen LogP contribution in [-0.2, 0) is 5.41 Å². The monoisotopic (exact) mass is 288 g/mol. The maximum absolute atomic E-state index is 14.3. The Morgan fingerprint density at radius 3 is 2.24 bits per heavy atom. The van der Waals surface area contributed by atoms with Gasteiger partial charge in [-0.2, -0.15) is 0 Å². The van der Waals surface area contributed by atoms with Crippen molar-refractivity contribution in [1.29, 1.82) is 0 Å². The van der Waals surface area contributed by atoms with Crippen molar-refractivity contribution in [2.75, 3.05) is 0 Å². The first-order valence-electron chi connectivity index (χ1n) is 7.37. The summed E-state index contributed by atoms with van der Waals surface area (Å²) >= 11 is 0. The molecule has 0 saturated heterocycles. The number of hydrogen-bond acceptors (Lipinski definition) is 1. The van der Waals surface area contributed by atoms with Gasteiger partial charge in [-0.05, 0) is 42.2 Å². The van der Waals surface area contributed by atoms with Crippen LogP contribution in [0.25, 0.3) is 0 Å². The Morgan fingerprint density at radius 1 is 0.857 bits per heavy atom. The van der Waals surface area contributed by atoms with Gasteiger partial charge in [-0.15, -0.1) is 0 Å². The molecular formula is C18H18F2O. The summed E-state index contributed by atoms with van der Waals surface area (Å²) in [5.74, 6) is -1.25. The normalized spacial score (nSPS) is 17.6. The van der Waals surface area contributed by atoms with E-state index in [1.165, 1.54) is 18.2 Å². The average molecular weight is 288 g/mol. The van der Waals surface area contributed by atoms with Crippen molar-refractivity contribution in [3.8, 4) is 5.75 Å². The van der Waals surface area contributed by atoms with Crippen LogP contribution in [0.4, 0.5) is 8.78 Å². The van der Waals surface area contributed by atoms with E-state index in [0.29, 0.717) is 5.56 Å². The molecule has 2 aromatic carbocycles. The Kier molecular flexibility index (Phi) is 3.66. The molecule has 1 fully saturated rings. The lowest BCUT2D eigenvalue weighted by Gasteiger charge is -2.38. The molecule has 21 heavy (non-hydrogen) atoms. The highest BCUT2D eigenvalue weighted by atomic mass is 19.1. The van der Waals surface area contributed by atoms with Crippen LogP contribution in [0.5, 0.6) is 5.75 Å². The van der Waals surface area contributed by atoms with E-state index >= 15 is 0 Å². The molecule has 1 aliphatic carbocycles. The third kappa shape index (κ3) is 2.41. The van der Waals surface area contributed by atoms with Crippen LogP contribution in [0, 0.1) is 11.6 Å². The van der Waals surface area contributed by atoms with Gasteiger partial charge in [-0.3, -0.25) is 0 Å². The lowest BCUT2D eigenvalue weighted by Crippen LogP contribution is -2.31. The molecule has 0 atom stereocenters. The van der Waals surface area contributed by atoms with Crippen molar-refractivity contribution in [3.05, 3.63) is 65.2 Å². The zero-order valence-electron chi connectivity index (χ0n) is 11.8. The summed E-state index contributed by atoms with van der Waals surface area (Å²) in [7, 11) is 0. The number of phenolic OH excluding ortho intramolecular Hbond substituents is 1. The molecule has 1 saturated carbocycles. The molecule has 2 aromatic rings. The molecule has 1 nitrogen and oxygen atoms in total. The second kappa shape index (κ2) is 5.47. The van der Waals surface area contributed by atoms with Gasteiger partial charge in [-0.25, -0.2) is 8.78 Å². The van der Waals surface area contributed by atoms with Gasteiger partial charge in [0.2, 0.25) is 0 Å². The molecule has 0 heterocycles. The maximum atomic E-state index is 14.3. The first kappa shape index (κ1) is 14.1. The lowest BCUT2D eigenvalue weighted by molar-refractivity contribution is 0.333. The van der Waals surface area contributed by atoms with Crippen LogP contribution in [-0.4, -0.2) is 5.11 Å². The van der Waals surface area contributed by atoms with Gasteiger partial charge in [0, 0.05) is 5.41 Å². The Morgan fingerprint density at radius 2 is 1.57 bits per heavy atom. The largest absolute Gasteiger partial charge is 0.505 e. The number of phenols is 1. The summed E-state index contributed by atoms with van der Waals surface area (Å²) < 4.78 is 28.1. The first-order chi connectivity index (χ1) is 10.1. The molecule has 0 aromatic heterocycles. The number of rotatable bonds is 2. The predicted octanol–water partition coefficient (Wildman–Crippen LogP) is 4.92. The van der Waals surface area contributed by atoms with Crippen LogP contribution in [0.1, 0.15) is 43.2 Å². The first-order valence-corrected chi connectivity index (χ1v) is 7.37. The standard InChI is InChI=1S/C18H18F2O/c19-15-7-3-2-6-14(15)18(10-4-1-5-11-18)13-8-9-17(21)16(20)12-13/h2-3,6-9,12,21H,1,4-5,10-11H2. The maximum Gasteiger partial charge on any atom is 0.165 e. The van der Waals surface area contributed by atoms with Gasteiger partial charge >= 0.3 is 0 Å². The van der Waals surface area contributed by atoms with Gasteiger partial charge in [0.05, 0.1) is 0 Å². The fourth-order valence-electron chi connectivity index (χ4n) is 3.52. The second-order valence-electron chi connectivity index (χ2n) is 5.79. The molecule has 0 aliphatic heterocycles. The lowest BCUT2D eigenvalue weighted by atomic mass is 9.65. The van der Waals surface area contributed by atoms with Crippen molar-refractivity contribution >= 4 is 0 Å². The van der Waals surface area contributed by atoms with Crippen LogP contribution < -0.4 is 0 Å². The molecule has 0 spiro atoms. The summed E-state index contributed by atoms with van der Waals surface area (Å²) in [6, 6.07) is 11.2. The van der Waals surface area contributed by atoms with Crippen LogP contribution in [0.2, 0.25) is 0 Å². The average Bonchev–Trinajstić information content (AvgIpc) is 2.51. The molecular weight excluding hydrogens is 270 g/mol. The number of halogens is 2. The summed E-state index contributed by atoms with van der Waals surface area (Å²) in [5, 5.41) is 9.40. The van der Waals surface area contributed by atoms with E-state index in [0.717, 1.165) is 37.7 Å². The molecule has 3 heteroatoms. The smallest absolute Gasteiger partial charge is 0.165 e. The fourth-order valence-corrected chi connectivity index (χ4v) is 3.52. The van der Waals surface area contributed by atoms with Gasteiger partial charge in [0.15, 0.2) is 11.6 Å². The summed E-state index contributed by atoms with van der Waals surface area (Å²) in [5.41, 5.74) is 0.899. The van der Waals surface area contributed by atoms with E-state index in [9.17, 15) is 13.9 Å². The second-order valence-corrected chi connectivity index (χ2v) is 5.79. The van der Waals surface area contributed by atoms with E-state index < -0.39 is 11.2 Å². The summed E-state index contributed by atoms with van der Waals surface area (Å²) in [6.07, 6.45) is 4.72.